The topological polar surface area (TPSA) is 54.7 Å². The molecule has 5 heteroatoms. The van der Waals surface area contributed by atoms with Crippen LogP contribution < -0.4 is 5.32 Å². The van der Waals surface area contributed by atoms with Crippen molar-refractivity contribution in [3.8, 4) is 6.07 Å². The normalized spacial score (nSPS) is 16.5. The van der Waals surface area contributed by atoms with Gasteiger partial charge in [0.15, 0.2) is 5.96 Å². The molecule has 0 amide bonds. The molecule has 5 nitrogen and oxygen atoms in total. The van der Waals surface area contributed by atoms with Gasteiger partial charge < -0.3 is 10.2 Å². The number of benzene rings is 1. The van der Waals surface area contributed by atoms with Gasteiger partial charge in [-0.2, -0.15) is 5.26 Å². The van der Waals surface area contributed by atoms with E-state index in [2.05, 4.69) is 40.0 Å². The third-order valence-electron chi connectivity index (χ3n) is 4.04. The molecule has 0 unspecified atom stereocenters. The van der Waals surface area contributed by atoms with Crippen molar-refractivity contribution in [3.05, 3.63) is 35.4 Å². The van der Waals surface area contributed by atoms with E-state index in [4.69, 9.17) is 5.26 Å². The summed E-state index contributed by atoms with van der Waals surface area (Å²) >= 11 is 0. The van der Waals surface area contributed by atoms with Crippen LogP contribution in [-0.4, -0.2) is 55.5 Å². The molecule has 0 radical (unpaired) electrons. The second-order valence-corrected chi connectivity index (χ2v) is 6.39. The van der Waals surface area contributed by atoms with Crippen molar-refractivity contribution >= 4 is 5.96 Å². The van der Waals surface area contributed by atoms with Gasteiger partial charge in [-0.1, -0.05) is 26.0 Å². The number of hydrogen-bond acceptors (Lipinski definition) is 3. The molecule has 1 aliphatic heterocycles. The monoisotopic (exact) mass is 313 g/mol. The standard InChI is InChI=1S/C18H27N5/c1-15(2)14-22-8-10-23(11-9-22)18(20-3)21-13-17-6-4-16(12-19)5-7-17/h4-7,15H,8-11,13-14H2,1-3H3,(H,20,21). The van der Waals surface area contributed by atoms with Gasteiger partial charge in [0.25, 0.3) is 0 Å². The van der Waals surface area contributed by atoms with Crippen LogP contribution in [0.5, 0.6) is 0 Å². The predicted molar refractivity (Wildman–Crippen MR) is 94.2 cm³/mol. The van der Waals surface area contributed by atoms with Gasteiger partial charge in [0.1, 0.15) is 0 Å². The number of nitrogens with one attached hydrogen (secondary N) is 1. The van der Waals surface area contributed by atoms with Crippen LogP contribution in [0.4, 0.5) is 0 Å². The van der Waals surface area contributed by atoms with Crippen LogP contribution in [0.15, 0.2) is 29.3 Å². The number of piperazine rings is 1. The molecule has 23 heavy (non-hydrogen) atoms. The first kappa shape index (κ1) is 17.3. The first-order valence-electron chi connectivity index (χ1n) is 8.29. The van der Waals surface area contributed by atoms with Gasteiger partial charge in [0, 0.05) is 46.3 Å². The second-order valence-electron chi connectivity index (χ2n) is 6.39. The molecule has 1 saturated heterocycles. The Morgan fingerprint density at radius 2 is 1.87 bits per heavy atom. The summed E-state index contributed by atoms with van der Waals surface area (Å²) in [5, 5.41) is 12.3. The Bertz CT molecular complexity index is 548. The third kappa shape index (κ3) is 5.26. The Labute approximate surface area is 139 Å². The lowest BCUT2D eigenvalue weighted by molar-refractivity contribution is 0.164. The molecule has 2 rings (SSSR count). The van der Waals surface area contributed by atoms with Crippen LogP contribution in [0.3, 0.4) is 0 Å². The Kier molecular flexibility index (Phi) is 6.42. The summed E-state index contributed by atoms with van der Waals surface area (Å²) in [7, 11) is 1.83. The zero-order chi connectivity index (χ0) is 16.7. The fourth-order valence-corrected chi connectivity index (χ4v) is 2.87. The summed E-state index contributed by atoms with van der Waals surface area (Å²) in [6, 6.07) is 9.82. The van der Waals surface area contributed by atoms with Gasteiger partial charge >= 0.3 is 0 Å². The van der Waals surface area contributed by atoms with Crippen molar-refractivity contribution in [3.63, 3.8) is 0 Å². The molecule has 1 aromatic carbocycles. The van der Waals surface area contributed by atoms with E-state index in [-0.39, 0.29) is 0 Å². The SMILES string of the molecule is CN=C(NCc1ccc(C#N)cc1)N1CCN(CC(C)C)CC1. The summed E-state index contributed by atoms with van der Waals surface area (Å²) in [6.45, 7) is 10.6. The average Bonchev–Trinajstić information content (AvgIpc) is 2.57. The van der Waals surface area contributed by atoms with Crippen LogP contribution in [0.2, 0.25) is 0 Å². The summed E-state index contributed by atoms with van der Waals surface area (Å²) in [4.78, 5) is 9.25. The highest BCUT2D eigenvalue weighted by molar-refractivity contribution is 5.80. The Morgan fingerprint density at radius 1 is 1.22 bits per heavy atom. The van der Waals surface area contributed by atoms with Gasteiger partial charge in [-0.15, -0.1) is 0 Å². The molecule has 0 atom stereocenters. The lowest BCUT2D eigenvalue weighted by Gasteiger charge is -2.37. The minimum Gasteiger partial charge on any atom is -0.352 e. The van der Waals surface area contributed by atoms with Crippen LogP contribution in [-0.2, 0) is 6.54 Å². The van der Waals surface area contributed by atoms with E-state index < -0.39 is 0 Å². The molecule has 0 saturated carbocycles. The van der Waals surface area contributed by atoms with E-state index in [0.717, 1.165) is 50.2 Å². The van der Waals surface area contributed by atoms with E-state index in [9.17, 15) is 0 Å². The Hall–Kier alpha value is -2.06. The first-order valence-corrected chi connectivity index (χ1v) is 8.29. The minimum absolute atomic E-state index is 0.694. The number of hydrogen-bond donors (Lipinski definition) is 1. The molecule has 1 N–H and O–H groups in total. The molecule has 1 fully saturated rings. The molecule has 0 spiro atoms. The van der Waals surface area contributed by atoms with Gasteiger partial charge in [-0.05, 0) is 23.6 Å². The van der Waals surface area contributed by atoms with Crippen LogP contribution in [0.25, 0.3) is 0 Å². The maximum Gasteiger partial charge on any atom is 0.194 e. The summed E-state index contributed by atoms with van der Waals surface area (Å²) in [6.07, 6.45) is 0. The number of rotatable bonds is 4. The van der Waals surface area contributed by atoms with E-state index in [1.807, 2.05) is 31.3 Å². The van der Waals surface area contributed by atoms with Gasteiger partial charge in [0.05, 0.1) is 11.6 Å². The highest BCUT2D eigenvalue weighted by Crippen LogP contribution is 2.07. The second kappa shape index (κ2) is 8.54. The molecular formula is C18H27N5. The lowest BCUT2D eigenvalue weighted by atomic mass is 10.1. The summed E-state index contributed by atoms with van der Waals surface area (Å²) in [5.74, 6) is 1.67. The smallest absolute Gasteiger partial charge is 0.194 e. The van der Waals surface area contributed by atoms with E-state index in [1.54, 1.807) is 0 Å². The number of guanidine groups is 1. The zero-order valence-corrected chi connectivity index (χ0v) is 14.4. The molecule has 0 aliphatic carbocycles. The molecule has 124 valence electrons. The largest absolute Gasteiger partial charge is 0.352 e. The van der Waals surface area contributed by atoms with Crippen LogP contribution >= 0.6 is 0 Å². The Morgan fingerprint density at radius 3 is 2.39 bits per heavy atom. The molecule has 0 bridgehead atoms. The molecule has 1 aromatic rings. The van der Waals surface area contributed by atoms with Crippen molar-refractivity contribution in [2.45, 2.75) is 20.4 Å². The average molecular weight is 313 g/mol. The number of nitriles is 1. The fraction of sp³-hybridized carbons (Fsp3) is 0.556. The van der Waals surface area contributed by atoms with Crippen molar-refractivity contribution in [1.82, 2.24) is 15.1 Å². The maximum atomic E-state index is 8.84. The van der Waals surface area contributed by atoms with E-state index >= 15 is 0 Å². The van der Waals surface area contributed by atoms with Gasteiger partial charge in [-0.25, -0.2) is 0 Å². The molecular weight excluding hydrogens is 286 g/mol. The van der Waals surface area contributed by atoms with E-state index in [0.29, 0.717) is 5.56 Å². The highest BCUT2D eigenvalue weighted by atomic mass is 15.3. The van der Waals surface area contributed by atoms with E-state index in [1.165, 1.54) is 6.54 Å². The van der Waals surface area contributed by atoms with Crippen LogP contribution in [0, 0.1) is 17.2 Å². The maximum absolute atomic E-state index is 8.84. The highest BCUT2D eigenvalue weighted by Gasteiger charge is 2.19. The molecule has 1 aliphatic rings. The number of aliphatic imine (C=N–C) groups is 1. The molecule has 1 heterocycles. The first-order chi connectivity index (χ1) is 11.1. The number of nitrogens with zero attached hydrogens (tertiary/aromatic N) is 4. The summed E-state index contributed by atoms with van der Waals surface area (Å²) < 4.78 is 0. The van der Waals surface area contributed by atoms with Gasteiger partial charge in [-0.3, -0.25) is 9.89 Å². The fourth-order valence-electron chi connectivity index (χ4n) is 2.87. The quantitative estimate of drug-likeness (QED) is 0.681. The van der Waals surface area contributed by atoms with Crippen molar-refractivity contribution < 1.29 is 0 Å². The summed E-state index contributed by atoms with van der Waals surface area (Å²) in [5.41, 5.74) is 1.85. The van der Waals surface area contributed by atoms with Crippen LogP contribution in [0.1, 0.15) is 25.0 Å². The third-order valence-corrected chi connectivity index (χ3v) is 4.04. The lowest BCUT2D eigenvalue weighted by Crippen LogP contribution is -2.52. The molecule has 0 aromatic heterocycles. The zero-order valence-electron chi connectivity index (χ0n) is 14.4. The van der Waals surface area contributed by atoms with Crippen molar-refractivity contribution in [2.24, 2.45) is 10.9 Å². The Balaban J connectivity index is 1.83. The predicted octanol–water partition coefficient (Wildman–Crippen LogP) is 1.91. The van der Waals surface area contributed by atoms with Crippen molar-refractivity contribution in [2.75, 3.05) is 39.8 Å². The van der Waals surface area contributed by atoms with Gasteiger partial charge in [0.2, 0.25) is 0 Å². The van der Waals surface area contributed by atoms with Crippen molar-refractivity contribution in [1.29, 1.82) is 5.26 Å². The minimum atomic E-state index is 0.694.